The van der Waals surface area contributed by atoms with Gasteiger partial charge in [0.05, 0.1) is 10.9 Å². The molecule has 0 saturated carbocycles. The van der Waals surface area contributed by atoms with Crippen molar-refractivity contribution in [2.45, 2.75) is 13.5 Å². The number of aromatic nitrogens is 2. The second-order valence-electron chi connectivity index (χ2n) is 2.81. The Morgan fingerprint density at radius 1 is 1.54 bits per heavy atom. The predicted molar refractivity (Wildman–Crippen MR) is 53.1 cm³/mol. The van der Waals surface area contributed by atoms with E-state index in [0.717, 1.165) is 11.0 Å². The first-order valence-electron chi connectivity index (χ1n) is 4.03. The number of hydrogen-bond donors (Lipinski definition) is 0. The first kappa shape index (κ1) is 8.69. The van der Waals surface area contributed by atoms with E-state index in [-0.39, 0.29) is 5.82 Å². The van der Waals surface area contributed by atoms with Gasteiger partial charge in [-0.3, -0.25) is 4.68 Å². The summed E-state index contributed by atoms with van der Waals surface area (Å²) in [7, 11) is 0. The van der Waals surface area contributed by atoms with Crippen LogP contribution in [0.1, 0.15) is 6.92 Å². The summed E-state index contributed by atoms with van der Waals surface area (Å²) >= 11 is 3.23. The van der Waals surface area contributed by atoms with Crippen LogP contribution in [0.25, 0.3) is 10.9 Å². The van der Waals surface area contributed by atoms with Crippen molar-refractivity contribution in [3.05, 3.63) is 28.6 Å². The number of hydrogen-bond acceptors (Lipinski definition) is 1. The van der Waals surface area contributed by atoms with Crippen molar-refractivity contribution in [2.24, 2.45) is 0 Å². The van der Waals surface area contributed by atoms with Crippen LogP contribution in [0.5, 0.6) is 0 Å². The minimum absolute atomic E-state index is 0.232. The van der Waals surface area contributed by atoms with Crippen molar-refractivity contribution in [2.75, 3.05) is 0 Å². The van der Waals surface area contributed by atoms with Gasteiger partial charge in [-0.1, -0.05) is 15.9 Å². The molecule has 0 aliphatic heterocycles. The maximum absolute atomic E-state index is 13.3. The molecule has 0 unspecified atom stereocenters. The lowest BCUT2D eigenvalue weighted by atomic mass is 10.2. The van der Waals surface area contributed by atoms with E-state index < -0.39 is 0 Å². The third-order valence-corrected chi connectivity index (χ3v) is 2.37. The molecule has 0 N–H and O–H groups in total. The molecule has 2 rings (SSSR count). The van der Waals surface area contributed by atoms with Gasteiger partial charge in [-0.25, -0.2) is 4.39 Å². The van der Waals surface area contributed by atoms with Gasteiger partial charge in [0.2, 0.25) is 0 Å². The van der Waals surface area contributed by atoms with Crippen molar-refractivity contribution in [3.8, 4) is 0 Å². The summed E-state index contributed by atoms with van der Waals surface area (Å²) < 4.78 is 15.8. The van der Waals surface area contributed by atoms with E-state index in [9.17, 15) is 4.39 Å². The van der Waals surface area contributed by atoms with Gasteiger partial charge in [0.1, 0.15) is 5.82 Å². The third-order valence-electron chi connectivity index (χ3n) is 1.91. The highest BCUT2D eigenvalue weighted by Gasteiger charge is 2.06. The summed E-state index contributed by atoms with van der Waals surface area (Å²) in [4.78, 5) is 0. The predicted octanol–water partition coefficient (Wildman–Crippen LogP) is 2.96. The van der Waals surface area contributed by atoms with Crippen LogP contribution in [-0.4, -0.2) is 9.78 Å². The highest BCUT2D eigenvalue weighted by Crippen LogP contribution is 2.21. The average Bonchev–Trinajstić information content (AvgIpc) is 2.47. The summed E-state index contributed by atoms with van der Waals surface area (Å²) in [6, 6.07) is 3.26. The maximum atomic E-state index is 13.3. The van der Waals surface area contributed by atoms with E-state index in [1.165, 1.54) is 6.07 Å². The fourth-order valence-electron chi connectivity index (χ4n) is 1.26. The molecular weight excluding hydrogens is 235 g/mol. The largest absolute Gasteiger partial charge is 0.272 e. The van der Waals surface area contributed by atoms with E-state index >= 15 is 0 Å². The lowest BCUT2D eigenvalue weighted by Gasteiger charge is -1.91. The van der Waals surface area contributed by atoms with E-state index in [4.69, 9.17) is 0 Å². The van der Waals surface area contributed by atoms with Gasteiger partial charge in [-0.15, -0.1) is 0 Å². The lowest BCUT2D eigenvalue weighted by Crippen LogP contribution is -1.92. The van der Waals surface area contributed by atoms with Crippen molar-refractivity contribution in [1.29, 1.82) is 0 Å². The molecule has 2 aromatic rings. The van der Waals surface area contributed by atoms with Crippen molar-refractivity contribution >= 4 is 26.8 Å². The van der Waals surface area contributed by atoms with E-state index in [1.54, 1.807) is 10.9 Å². The zero-order chi connectivity index (χ0) is 9.42. The SMILES string of the molecule is CCn1cc2c(F)cc(Br)cc2n1. The van der Waals surface area contributed by atoms with Gasteiger partial charge < -0.3 is 0 Å². The van der Waals surface area contributed by atoms with Gasteiger partial charge >= 0.3 is 0 Å². The van der Waals surface area contributed by atoms with Crippen molar-refractivity contribution in [1.82, 2.24) is 9.78 Å². The normalized spacial score (nSPS) is 11.0. The van der Waals surface area contributed by atoms with Gasteiger partial charge in [-0.05, 0) is 19.1 Å². The molecule has 0 spiro atoms. The molecular formula is C9H8BrFN2. The number of benzene rings is 1. The fraction of sp³-hybridized carbons (Fsp3) is 0.222. The van der Waals surface area contributed by atoms with Crippen LogP contribution in [0.4, 0.5) is 4.39 Å². The van der Waals surface area contributed by atoms with Crippen LogP contribution < -0.4 is 0 Å². The minimum Gasteiger partial charge on any atom is -0.272 e. The molecule has 0 saturated heterocycles. The number of nitrogens with zero attached hydrogens (tertiary/aromatic N) is 2. The Bertz CT molecular complexity index is 450. The van der Waals surface area contributed by atoms with Crippen LogP contribution in [0.3, 0.4) is 0 Å². The Morgan fingerprint density at radius 3 is 3.00 bits per heavy atom. The summed E-state index contributed by atoms with van der Waals surface area (Å²) in [5.74, 6) is -0.232. The Hall–Kier alpha value is -0.900. The zero-order valence-corrected chi connectivity index (χ0v) is 8.68. The zero-order valence-electron chi connectivity index (χ0n) is 7.09. The Labute approximate surface area is 83.5 Å². The molecule has 4 heteroatoms. The Balaban J connectivity index is 2.75. The minimum atomic E-state index is -0.232. The van der Waals surface area contributed by atoms with Crippen molar-refractivity contribution in [3.63, 3.8) is 0 Å². The molecule has 1 aromatic heterocycles. The molecule has 0 atom stereocenters. The summed E-state index contributed by atoms with van der Waals surface area (Å²) in [6.45, 7) is 2.73. The second kappa shape index (κ2) is 3.10. The quantitative estimate of drug-likeness (QED) is 0.752. The number of rotatable bonds is 1. The summed E-state index contributed by atoms with van der Waals surface area (Å²) in [5.41, 5.74) is 0.689. The third kappa shape index (κ3) is 1.46. The first-order valence-corrected chi connectivity index (χ1v) is 4.82. The average molecular weight is 243 g/mol. The van der Waals surface area contributed by atoms with E-state index in [1.807, 2.05) is 13.0 Å². The molecule has 0 aliphatic rings. The second-order valence-corrected chi connectivity index (χ2v) is 3.72. The molecule has 0 fully saturated rings. The number of halogens is 2. The van der Waals surface area contributed by atoms with Crippen LogP contribution in [0, 0.1) is 5.82 Å². The maximum Gasteiger partial charge on any atom is 0.135 e. The summed E-state index contributed by atoms with van der Waals surface area (Å²) in [6.07, 6.45) is 1.72. The first-order chi connectivity index (χ1) is 6.20. The highest BCUT2D eigenvalue weighted by atomic mass is 79.9. The number of aryl methyl sites for hydroxylation is 1. The molecule has 13 heavy (non-hydrogen) atoms. The molecule has 0 radical (unpaired) electrons. The van der Waals surface area contributed by atoms with Crippen LogP contribution in [0.2, 0.25) is 0 Å². The Morgan fingerprint density at radius 2 is 2.31 bits per heavy atom. The standard InChI is InChI=1S/C9H8BrFN2/c1-2-13-5-7-8(11)3-6(10)4-9(7)12-13/h3-5H,2H2,1H3. The van der Waals surface area contributed by atoms with Gasteiger partial charge in [-0.2, -0.15) is 5.10 Å². The van der Waals surface area contributed by atoms with Crippen LogP contribution in [0.15, 0.2) is 22.8 Å². The molecule has 1 aromatic carbocycles. The molecule has 1 heterocycles. The Kier molecular flexibility index (Phi) is 2.07. The van der Waals surface area contributed by atoms with Crippen LogP contribution >= 0.6 is 15.9 Å². The van der Waals surface area contributed by atoms with Gasteiger partial charge in [0.15, 0.2) is 0 Å². The summed E-state index contributed by atoms with van der Waals surface area (Å²) in [5, 5.41) is 4.77. The highest BCUT2D eigenvalue weighted by molar-refractivity contribution is 9.10. The van der Waals surface area contributed by atoms with Gasteiger partial charge in [0.25, 0.3) is 0 Å². The smallest absolute Gasteiger partial charge is 0.135 e. The topological polar surface area (TPSA) is 17.8 Å². The van der Waals surface area contributed by atoms with Crippen LogP contribution in [-0.2, 0) is 6.54 Å². The van der Waals surface area contributed by atoms with Crippen molar-refractivity contribution < 1.29 is 4.39 Å². The molecule has 0 amide bonds. The number of fused-ring (bicyclic) bond motifs is 1. The monoisotopic (exact) mass is 242 g/mol. The molecule has 0 bridgehead atoms. The van der Waals surface area contributed by atoms with E-state index in [2.05, 4.69) is 21.0 Å². The van der Waals surface area contributed by atoms with Gasteiger partial charge in [0, 0.05) is 17.2 Å². The fourth-order valence-corrected chi connectivity index (χ4v) is 1.68. The lowest BCUT2D eigenvalue weighted by molar-refractivity contribution is 0.637. The molecule has 2 nitrogen and oxygen atoms in total. The molecule has 68 valence electrons. The molecule has 0 aliphatic carbocycles. The van der Waals surface area contributed by atoms with E-state index in [0.29, 0.717) is 10.9 Å².